The van der Waals surface area contributed by atoms with Gasteiger partial charge in [0.15, 0.2) is 0 Å². The molecule has 0 amide bonds. The van der Waals surface area contributed by atoms with Crippen LogP contribution >= 0.6 is 0 Å². The Morgan fingerprint density at radius 3 is 3.00 bits per heavy atom. The predicted octanol–water partition coefficient (Wildman–Crippen LogP) is 1.65. The van der Waals surface area contributed by atoms with Gasteiger partial charge in [0.1, 0.15) is 0 Å². The van der Waals surface area contributed by atoms with Gasteiger partial charge in [-0.25, -0.2) is 0 Å². The molecule has 1 fully saturated rings. The van der Waals surface area contributed by atoms with E-state index in [4.69, 9.17) is 0 Å². The van der Waals surface area contributed by atoms with Crippen LogP contribution in [0.5, 0.6) is 0 Å². The average molecular weight is 234 g/mol. The van der Waals surface area contributed by atoms with E-state index in [1.807, 2.05) is 19.4 Å². The summed E-state index contributed by atoms with van der Waals surface area (Å²) in [5, 5.41) is 3.13. The Hall–Kier alpha value is -1.29. The lowest BCUT2D eigenvalue weighted by molar-refractivity contribution is 0.314. The summed E-state index contributed by atoms with van der Waals surface area (Å²) in [5.41, 5.74) is 2.24. The smallest absolute Gasteiger partial charge is 0.0571 e. The molecule has 0 aliphatic carbocycles. The summed E-state index contributed by atoms with van der Waals surface area (Å²) in [7, 11) is 6.28. The molecule has 0 radical (unpaired) electrons. The molecule has 0 saturated carbocycles. The summed E-state index contributed by atoms with van der Waals surface area (Å²) in [6, 6.07) is 2.82. The molecule has 94 valence electrons. The molecule has 1 aliphatic heterocycles. The number of anilines is 2. The second-order valence-corrected chi connectivity index (χ2v) is 4.84. The minimum atomic E-state index is 0.679. The molecular formula is C13H22N4. The first-order chi connectivity index (χ1) is 8.20. The molecular weight excluding hydrogens is 212 g/mol. The number of likely N-dealkylation sites (tertiary alicyclic amines) is 1. The molecule has 1 aliphatic rings. The SMILES string of the molecule is CNc1cncc(N(C)CC2CCCN2C)c1. The van der Waals surface area contributed by atoms with Crippen LogP contribution < -0.4 is 10.2 Å². The van der Waals surface area contributed by atoms with Gasteiger partial charge in [0.05, 0.1) is 23.8 Å². The summed E-state index contributed by atoms with van der Waals surface area (Å²) in [5.74, 6) is 0. The molecule has 0 spiro atoms. The lowest BCUT2D eigenvalue weighted by atomic mass is 10.2. The topological polar surface area (TPSA) is 31.4 Å². The van der Waals surface area contributed by atoms with Crippen LogP contribution in [0.2, 0.25) is 0 Å². The van der Waals surface area contributed by atoms with Crippen molar-refractivity contribution < 1.29 is 0 Å². The Labute approximate surface area is 104 Å². The Morgan fingerprint density at radius 2 is 2.35 bits per heavy atom. The zero-order chi connectivity index (χ0) is 12.3. The van der Waals surface area contributed by atoms with Crippen LogP contribution in [0.15, 0.2) is 18.5 Å². The van der Waals surface area contributed by atoms with Crippen LogP contribution in [0.25, 0.3) is 0 Å². The maximum absolute atomic E-state index is 4.25. The van der Waals surface area contributed by atoms with E-state index in [9.17, 15) is 0 Å². The van der Waals surface area contributed by atoms with Crippen LogP contribution in [0.4, 0.5) is 11.4 Å². The largest absolute Gasteiger partial charge is 0.387 e. The standard InChI is InChI=1S/C13H22N4/c1-14-11-7-13(9-15-8-11)17(3)10-12-5-4-6-16(12)2/h7-9,12,14H,4-6,10H2,1-3H3. The van der Waals surface area contributed by atoms with Crippen molar-refractivity contribution in [3.63, 3.8) is 0 Å². The Bertz CT molecular complexity index is 366. The monoisotopic (exact) mass is 234 g/mol. The Morgan fingerprint density at radius 1 is 1.53 bits per heavy atom. The molecule has 4 heteroatoms. The van der Waals surface area contributed by atoms with Gasteiger partial charge in [-0.05, 0) is 32.5 Å². The minimum Gasteiger partial charge on any atom is -0.387 e. The third-order valence-corrected chi connectivity index (χ3v) is 3.61. The van der Waals surface area contributed by atoms with E-state index >= 15 is 0 Å². The highest BCUT2D eigenvalue weighted by molar-refractivity contribution is 5.54. The van der Waals surface area contributed by atoms with E-state index in [1.54, 1.807) is 0 Å². The van der Waals surface area contributed by atoms with Gasteiger partial charge in [-0.1, -0.05) is 0 Å². The first kappa shape index (κ1) is 12.2. The van der Waals surface area contributed by atoms with E-state index in [1.165, 1.54) is 25.1 Å². The van der Waals surface area contributed by atoms with E-state index in [0.717, 1.165) is 12.2 Å². The lowest BCUT2D eigenvalue weighted by Crippen LogP contribution is -2.36. The third kappa shape index (κ3) is 2.88. The molecule has 1 atom stereocenters. The van der Waals surface area contributed by atoms with Gasteiger partial charge in [-0.3, -0.25) is 4.98 Å². The molecule has 1 saturated heterocycles. The highest BCUT2D eigenvalue weighted by atomic mass is 15.2. The fourth-order valence-corrected chi connectivity index (χ4v) is 2.40. The molecule has 2 heterocycles. The van der Waals surface area contributed by atoms with E-state index in [2.05, 4.69) is 40.3 Å². The number of aromatic nitrogens is 1. The summed E-state index contributed by atoms with van der Waals surface area (Å²) >= 11 is 0. The summed E-state index contributed by atoms with van der Waals surface area (Å²) < 4.78 is 0. The summed E-state index contributed by atoms with van der Waals surface area (Å²) in [4.78, 5) is 8.99. The van der Waals surface area contributed by atoms with Crippen molar-refractivity contribution in [3.8, 4) is 0 Å². The van der Waals surface area contributed by atoms with Crippen molar-refractivity contribution in [1.82, 2.24) is 9.88 Å². The molecule has 1 N–H and O–H groups in total. The predicted molar refractivity (Wildman–Crippen MR) is 72.7 cm³/mol. The number of nitrogens with zero attached hydrogens (tertiary/aromatic N) is 3. The van der Waals surface area contributed by atoms with E-state index < -0.39 is 0 Å². The van der Waals surface area contributed by atoms with Gasteiger partial charge in [0.25, 0.3) is 0 Å². The van der Waals surface area contributed by atoms with Crippen molar-refractivity contribution in [3.05, 3.63) is 18.5 Å². The van der Waals surface area contributed by atoms with E-state index in [-0.39, 0.29) is 0 Å². The molecule has 1 aromatic rings. The van der Waals surface area contributed by atoms with Crippen LogP contribution in [-0.4, -0.2) is 50.2 Å². The quantitative estimate of drug-likeness (QED) is 0.858. The van der Waals surface area contributed by atoms with Gasteiger partial charge < -0.3 is 15.1 Å². The second kappa shape index (κ2) is 5.36. The first-order valence-electron chi connectivity index (χ1n) is 6.25. The lowest BCUT2D eigenvalue weighted by Gasteiger charge is -2.27. The maximum atomic E-state index is 4.25. The highest BCUT2D eigenvalue weighted by Crippen LogP contribution is 2.20. The van der Waals surface area contributed by atoms with Crippen LogP contribution in [0.1, 0.15) is 12.8 Å². The number of hydrogen-bond donors (Lipinski definition) is 1. The molecule has 17 heavy (non-hydrogen) atoms. The number of nitrogens with one attached hydrogen (secondary N) is 1. The van der Waals surface area contributed by atoms with Gasteiger partial charge in [-0.2, -0.15) is 0 Å². The van der Waals surface area contributed by atoms with Crippen LogP contribution in [0, 0.1) is 0 Å². The van der Waals surface area contributed by atoms with Crippen molar-refractivity contribution in [2.45, 2.75) is 18.9 Å². The number of hydrogen-bond acceptors (Lipinski definition) is 4. The van der Waals surface area contributed by atoms with Crippen molar-refractivity contribution in [2.24, 2.45) is 0 Å². The van der Waals surface area contributed by atoms with Crippen molar-refractivity contribution in [2.75, 3.05) is 44.4 Å². The van der Waals surface area contributed by atoms with E-state index in [0.29, 0.717) is 6.04 Å². The minimum absolute atomic E-state index is 0.679. The Kier molecular flexibility index (Phi) is 3.84. The number of pyridine rings is 1. The highest BCUT2D eigenvalue weighted by Gasteiger charge is 2.22. The van der Waals surface area contributed by atoms with Crippen LogP contribution in [-0.2, 0) is 0 Å². The molecule has 1 aromatic heterocycles. The van der Waals surface area contributed by atoms with Crippen molar-refractivity contribution >= 4 is 11.4 Å². The molecule has 2 rings (SSSR count). The zero-order valence-electron chi connectivity index (χ0n) is 11.0. The van der Waals surface area contributed by atoms with Crippen LogP contribution in [0.3, 0.4) is 0 Å². The average Bonchev–Trinajstić information content (AvgIpc) is 2.75. The fraction of sp³-hybridized carbons (Fsp3) is 0.615. The summed E-state index contributed by atoms with van der Waals surface area (Å²) in [6.07, 6.45) is 6.40. The van der Waals surface area contributed by atoms with Gasteiger partial charge in [0, 0.05) is 26.7 Å². The second-order valence-electron chi connectivity index (χ2n) is 4.84. The number of rotatable bonds is 4. The maximum Gasteiger partial charge on any atom is 0.0571 e. The molecule has 1 unspecified atom stereocenters. The fourth-order valence-electron chi connectivity index (χ4n) is 2.40. The van der Waals surface area contributed by atoms with Gasteiger partial charge in [0.2, 0.25) is 0 Å². The normalized spacial score (nSPS) is 20.5. The van der Waals surface area contributed by atoms with Gasteiger partial charge in [-0.15, -0.1) is 0 Å². The molecule has 0 bridgehead atoms. The molecule has 0 aromatic carbocycles. The first-order valence-corrected chi connectivity index (χ1v) is 6.25. The third-order valence-electron chi connectivity index (χ3n) is 3.61. The Balaban J connectivity index is 2.00. The van der Waals surface area contributed by atoms with Crippen molar-refractivity contribution in [1.29, 1.82) is 0 Å². The molecule has 4 nitrogen and oxygen atoms in total. The summed E-state index contributed by atoms with van der Waals surface area (Å²) in [6.45, 7) is 2.30. The number of likely N-dealkylation sites (N-methyl/N-ethyl adjacent to an activating group) is 2. The van der Waals surface area contributed by atoms with Gasteiger partial charge >= 0.3 is 0 Å². The zero-order valence-corrected chi connectivity index (χ0v) is 11.0.